The minimum atomic E-state index is 0.900. The number of nitrogens with one attached hydrogen (secondary N) is 1. The number of rotatable bonds is 4. The van der Waals surface area contributed by atoms with Gasteiger partial charge in [-0.25, -0.2) is 0 Å². The molecule has 0 aromatic carbocycles. The van der Waals surface area contributed by atoms with Crippen LogP contribution in [0.15, 0.2) is 18.5 Å². The maximum atomic E-state index is 4.16. The second kappa shape index (κ2) is 4.72. The van der Waals surface area contributed by atoms with E-state index in [-0.39, 0.29) is 0 Å². The number of nitrogens with zero attached hydrogens (tertiary/aromatic N) is 2. The van der Waals surface area contributed by atoms with Gasteiger partial charge >= 0.3 is 0 Å². The van der Waals surface area contributed by atoms with Crippen molar-refractivity contribution in [1.82, 2.24) is 15.1 Å². The Morgan fingerprint density at radius 2 is 2.50 bits per heavy atom. The molecule has 1 aromatic heterocycles. The number of aryl methyl sites for hydroxylation is 1. The molecule has 3 nitrogen and oxygen atoms in total. The van der Waals surface area contributed by atoms with Gasteiger partial charge in [-0.1, -0.05) is 12.2 Å². The summed E-state index contributed by atoms with van der Waals surface area (Å²) in [5.41, 5.74) is 1.16. The first-order valence-corrected chi connectivity index (χ1v) is 4.20. The summed E-state index contributed by atoms with van der Waals surface area (Å²) in [5.74, 6) is 0. The fourth-order valence-corrected chi connectivity index (χ4v) is 0.951. The van der Waals surface area contributed by atoms with Gasteiger partial charge < -0.3 is 5.32 Å². The molecule has 1 heterocycles. The summed E-state index contributed by atoms with van der Waals surface area (Å²) >= 11 is 0. The molecule has 1 aromatic rings. The molecule has 0 amide bonds. The SMILES string of the molecule is CCn1cc(C=CCNC)cn1. The molecular formula is C9H15N3. The van der Waals surface area contributed by atoms with Crippen molar-refractivity contribution in [2.45, 2.75) is 13.5 Å². The molecule has 1 rings (SSSR count). The first kappa shape index (κ1) is 9.00. The van der Waals surface area contributed by atoms with Crippen LogP contribution >= 0.6 is 0 Å². The number of likely N-dealkylation sites (N-methyl/N-ethyl adjacent to an activating group) is 1. The molecule has 0 bridgehead atoms. The highest BCUT2D eigenvalue weighted by molar-refractivity contribution is 5.46. The zero-order valence-electron chi connectivity index (χ0n) is 7.62. The summed E-state index contributed by atoms with van der Waals surface area (Å²) in [4.78, 5) is 0. The lowest BCUT2D eigenvalue weighted by molar-refractivity contribution is 0.660. The lowest BCUT2D eigenvalue weighted by Gasteiger charge is -1.89. The molecule has 0 radical (unpaired) electrons. The maximum Gasteiger partial charge on any atom is 0.0562 e. The minimum Gasteiger partial charge on any atom is -0.316 e. The summed E-state index contributed by atoms with van der Waals surface area (Å²) in [5, 5.41) is 7.20. The molecule has 0 aliphatic heterocycles. The minimum absolute atomic E-state index is 0.900. The van der Waals surface area contributed by atoms with Crippen LogP contribution in [-0.4, -0.2) is 23.4 Å². The second-order valence-corrected chi connectivity index (χ2v) is 2.59. The smallest absolute Gasteiger partial charge is 0.0562 e. The van der Waals surface area contributed by atoms with E-state index in [1.54, 1.807) is 0 Å². The summed E-state index contributed by atoms with van der Waals surface area (Å²) in [7, 11) is 1.93. The quantitative estimate of drug-likeness (QED) is 0.725. The molecule has 0 aliphatic rings. The molecule has 1 N–H and O–H groups in total. The van der Waals surface area contributed by atoms with Gasteiger partial charge in [-0.15, -0.1) is 0 Å². The second-order valence-electron chi connectivity index (χ2n) is 2.59. The molecule has 0 saturated heterocycles. The summed E-state index contributed by atoms with van der Waals surface area (Å²) < 4.78 is 1.92. The average Bonchev–Trinajstić information content (AvgIpc) is 2.53. The lowest BCUT2D eigenvalue weighted by atomic mass is 10.3. The van der Waals surface area contributed by atoms with Crippen molar-refractivity contribution >= 4 is 6.08 Å². The van der Waals surface area contributed by atoms with Crippen LogP contribution < -0.4 is 5.32 Å². The Hall–Kier alpha value is -1.09. The zero-order chi connectivity index (χ0) is 8.81. The third-order valence-corrected chi connectivity index (χ3v) is 1.61. The van der Waals surface area contributed by atoms with Gasteiger partial charge in [-0.2, -0.15) is 5.10 Å². The molecule has 0 fully saturated rings. The molecule has 3 heteroatoms. The topological polar surface area (TPSA) is 29.9 Å². The van der Waals surface area contributed by atoms with E-state index in [1.165, 1.54) is 0 Å². The predicted molar refractivity (Wildman–Crippen MR) is 50.9 cm³/mol. The Bertz CT molecular complexity index is 250. The molecular weight excluding hydrogens is 150 g/mol. The highest BCUT2D eigenvalue weighted by Gasteiger charge is 1.90. The average molecular weight is 165 g/mol. The summed E-state index contributed by atoms with van der Waals surface area (Å²) in [6.45, 7) is 3.91. The Labute approximate surface area is 73.1 Å². The fourth-order valence-electron chi connectivity index (χ4n) is 0.951. The normalized spacial score (nSPS) is 11.2. The molecule has 0 aliphatic carbocycles. The van der Waals surface area contributed by atoms with Crippen molar-refractivity contribution in [2.24, 2.45) is 0 Å². The third-order valence-electron chi connectivity index (χ3n) is 1.61. The summed E-state index contributed by atoms with van der Waals surface area (Å²) in [6.07, 6.45) is 8.05. The van der Waals surface area contributed by atoms with Crippen molar-refractivity contribution in [3.05, 3.63) is 24.0 Å². The van der Waals surface area contributed by atoms with Crippen LogP contribution in [-0.2, 0) is 6.54 Å². The molecule has 0 saturated carbocycles. The molecule has 12 heavy (non-hydrogen) atoms. The number of aromatic nitrogens is 2. The largest absolute Gasteiger partial charge is 0.316 e. The van der Waals surface area contributed by atoms with Crippen LogP contribution in [0.2, 0.25) is 0 Å². The zero-order valence-corrected chi connectivity index (χ0v) is 7.62. The highest BCUT2D eigenvalue weighted by atomic mass is 15.3. The van der Waals surface area contributed by atoms with Crippen molar-refractivity contribution in [2.75, 3.05) is 13.6 Å². The standard InChI is InChI=1S/C9H15N3/c1-3-12-8-9(7-11-12)5-4-6-10-2/h4-5,7-8,10H,3,6H2,1-2H3. The van der Waals surface area contributed by atoms with Crippen LogP contribution in [0.25, 0.3) is 6.08 Å². The van der Waals surface area contributed by atoms with Crippen LogP contribution in [0.4, 0.5) is 0 Å². The number of hydrogen-bond donors (Lipinski definition) is 1. The van der Waals surface area contributed by atoms with Crippen molar-refractivity contribution in [3.63, 3.8) is 0 Å². The van der Waals surface area contributed by atoms with E-state index in [0.717, 1.165) is 18.7 Å². The van der Waals surface area contributed by atoms with Gasteiger partial charge in [0.15, 0.2) is 0 Å². The Kier molecular flexibility index (Phi) is 3.54. The maximum absolute atomic E-state index is 4.16. The van der Waals surface area contributed by atoms with Gasteiger partial charge in [0.2, 0.25) is 0 Å². The first-order valence-electron chi connectivity index (χ1n) is 4.20. The Morgan fingerprint density at radius 3 is 3.08 bits per heavy atom. The lowest BCUT2D eigenvalue weighted by Crippen LogP contribution is -2.03. The highest BCUT2D eigenvalue weighted by Crippen LogP contribution is 1.99. The van der Waals surface area contributed by atoms with Crippen LogP contribution in [0.1, 0.15) is 12.5 Å². The van der Waals surface area contributed by atoms with Crippen LogP contribution in [0, 0.1) is 0 Å². The molecule has 0 unspecified atom stereocenters. The van der Waals surface area contributed by atoms with E-state index in [4.69, 9.17) is 0 Å². The Morgan fingerprint density at radius 1 is 1.67 bits per heavy atom. The van der Waals surface area contributed by atoms with Crippen LogP contribution in [0.3, 0.4) is 0 Å². The van der Waals surface area contributed by atoms with Gasteiger partial charge in [0.1, 0.15) is 0 Å². The van der Waals surface area contributed by atoms with E-state index in [0.29, 0.717) is 0 Å². The van der Waals surface area contributed by atoms with Gasteiger partial charge in [-0.05, 0) is 14.0 Å². The van der Waals surface area contributed by atoms with E-state index in [9.17, 15) is 0 Å². The van der Waals surface area contributed by atoms with Gasteiger partial charge in [-0.3, -0.25) is 4.68 Å². The van der Waals surface area contributed by atoms with E-state index >= 15 is 0 Å². The number of hydrogen-bond acceptors (Lipinski definition) is 2. The summed E-state index contributed by atoms with van der Waals surface area (Å²) in [6, 6.07) is 0. The van der Waals surface area contributed by atoms with Crippen molar-refractivity contribution < 1.29 is 0 Å². The predicted octanol–water partition coefficient (Wildman–Crippen LogP) is 1.14. The van der Waals surface area contributed by atoms with Crippen molar-refractivity contribution in [3.8, 4) is 0 Å². The monoisotopic (exact) mass is 165 g/mol. The van der Waals surface area contributed by atoms with Gasteiger partial charge in [0.25, 0.3) is 0 Å². The van der Waals surface area contributed by atoms with Gasteiger partial charge in [0.05, 0.1) is 6.20 Å². The fraction of sp³-hybridized carbons (Fsp3) is 0.444. The molecule has 0 atom stereocenters. The van der Waals surface area contributed by atoms with E-state index in [1.807, 2.05) is 24.1 Å². The van der Waals surface area contributed by atoms with Crippen LogP contribution in [0.5, 0.6) is 0 Å². The third kappa shape index (κ3) is 2.51. The molecule has 66 valence electrons. The van der Waals surface area contributed by atoms with Crippen molar-refractivity contribution in [1.29, 1.82) is 0 Å². The van der Waals surface area contributed by atoms with E-state index in [2.05, 4.69) is 29.5 Å². The van der Waals surface area contributed by atoms with Gasteiger partial charge in [0, 0.05) is 24.8 Å². The first-order chi connectivity index (χ1) is 5.86. The molecule has 0 spiro atoms. The Balaban J connectivity index is 2.51. The van der Waals surface area contributed by atoms with E-state index < -0.39 is 0 Å².